The van der Waals surface area contributed by atoms with Gasteiger partial charge < -0.3 is 10.6 Å². The fourth-order valence-corrected chi connectivity index (χ4v) is 4.12. The van der Waals surface area contributed by atoms with Gasteiger partial charge in [0.15, 0.2) is 0 Å². The summed E-state index contributed by atoms with van der Waals surface area (Å²) >= 11 is 5.09. The van der Waals surface area contributed by atoms with Crippen LogP contribution < -0.4 is 5.73 Å². The van der Waals surface area contributed by atoms with Gasteiger partial charge in [0.25, 0.3) is 0 Å². The lowest BCUT2D eigenvalue weighted by atomic mass is 9.84. The van der Waals surface area contributed by atoms with Gasteiger partial charge in [0, 0.05) is 13.6 Å². The molecule has 2 bridgehead atoms. The Morgan fingerprint density at radius 1 is 1.42 bits per heavy atom. The van der Waals surface area contributed by atoms with Gasteiger partial charge in [0.2, 0.25) is 5.91 Å². The third kappa shape index (κ3) is 2.64. The average Bonchev–Trinajstić information content (AvgIpc) is 2.98. The summed E-state index contributed by atoms with van der Waals surface area (Å²) in [5.74, 6) is 2.55. The van der Waals surface area contributed by atoms with Crippen LogP contribution in [-0.4, -0.2) is 29.4 Å². The standard InChI is InChI=1S/C15H26N2OS/c1-4-15(2,13(16)19)14(18)17(3)9-12-8-10-5-6-11(12)7-10/h10-12H,4-9H2,1-3H3,(H2,16,19). The fraction of sp³-hybridized carbons (Fsp3) is 0.867. The number of carbonyl (C=O) groups excluding carboxylic acids is 1. The molecule has 0 aromatic rings. The van der Waals surface area contributed by atoms with Crippen molar-refractivity contribution in [2.75, 3.05) is 13.6 Å². The van der Waals surface area contributed by atoms with E-state index in [0.29, 0.717) is 17.3 Å². The fourth-order valence-electron chi connectivity index (χ4n) is 3.89. The SMILES string of the molecule is CCC(C)(C(=O)N(C)CC1CC2CCC1C2)C(N)=S. The average molecular weight is 282 g/mol. The second-order valence-electron chi connectivity index (χ2n) is 6.67. The van der Waals surface area contributed by atoms with Crippen molar-refractivity contribution in [3.05, 3.63) is 0 Å². The van der Waals surface area contributed by atoms with Crippen molar-refractivity contribution in [3.8, 4) is 0 Å². The highest BCUT2D eigenvalue weighted by Gasteiger charge is 2.42. The maximum absolute atomic E-state index is 12.6. The van der Waals surface area contributed by atoms with E-state index in [4.69, 9.17) is 18.0 Å². The van der Waals surface area contributed by atoms with Gasteiger partial charge in [-0.05, 0) is 50.4 Å². The number of hydrogen-bond acceptors (Lipinski definition) is 2. The molecule has 0 saturated heterocycles. The quantitative estimate of drug-likeness (QED) is 0.788. The molecule has 4 heteroatoms. The Kier molecular flexibility index (Phi) is 4.19. The molecule has 0 aromatic carbocycles. The van der Waals surface area contributed by atoms with Gasteiger partial charge in [-0.2, -0.15) is 0 Å². The van der Waals surface area contributed by atoms with Crippen molar-refractivity contribution >= 4 is 23.1 Å². The summed E-state index contributed by atoms with van der Waals surface area (Å²) in [6.45, 7) is 4.72. The van der Waals surface area contributed by atoms with Crippen LogP contribution in [0.1, 0.15) is 46.0 Å². The lowest BCUT2D eigenvalue weighted by Crippen LogP contribution is -2.48. The van der Waals surface area contributed by atoms with Crippen molar-refractivity contribution in [1.82, 2.24) is 4.90 Å². The van der Waals surface area contributed by atoms with Gasteiger partial charge in [0.1, 0.15) is 0 Å². The third-order valence-electron chi connectivity index (χ3n) is 5.46. The summed E-state index contributed by atoms with van der Waals surface area (Å²) in [5, 5.41) is 0. The first-order valence-corrected chi connectivity index (χ1v) is 7.84. The van der Waals surface area contributed by atoms with Crippen LogP contribution in [0.4, 0.5) is 0 Å². The van der Waals surface area contributed by atoms with Crippen LogP contribution in [0.3, 0.4) is 0 Å². The Hall–Kier alpha value is -0.640. The Bertz CT molecular complexity index is 384. The molecule has 0 spiro atoms. The van der Waals surface area contributed by atoms with Crippen LogP contribution in [0.15, 0.2) is 0 Å². The molecule has 2 aliphatic rings. The number of rotatable bonds is 5. The summed E-state index contributed by atoms with van der Waals surface area (Å²) in [4.78, 5) is 14.8. The van der Waals surface area contributed by atoms with E-state index in [1.54, 1.807) is 0 Å². The number of carbonyl (C=O) groups is 1. The Morgan fingerprint density at radius 3 is 2.53 bits per heavy atom. The first-order valence-electron chi connectivity index (χ1n) is 7.44. The Balaban J connectivity index is 1.97. The van der Waals surface area contributed by atoms with Gasteiger partial charge >= 0.3 is 0 Å². The molecule has 3 nitrogen and oxygen atoms in total. The number of nitrogens with two attached hydrogens (primary N) is 1. The van der Waals surface area contributed by atoms with Gasteiger partial charge in [0.05, 0.1) is 10.4 Å². The van der Waals surface area contributed by atoms with Crippen LogP contribution in [0.5, 0.6) is 0 Å². The zero-order valence-electron chi connectivity index (χ0n) is 12.3. The van der Waals surface area contributed by atoms with Crippen LogP contribution in [0.25, 0.3) is 0 Å². The summed E-state index contributed by atoms with van der Waals surface area (Å²) < 4.78 is 0. The minimum atomic E-state index is -0.679. The topological polar surface area (TPSA) is 46.3 Å². The summed E-state index contributed by atoms with van der Waals surface area (Å²) in [7, 11) is 1.90. The summed E-state index contributed by atoms with van der Waals surface area (Å²) in [6, 6.07) is 0. The molecule has 2 N–H and O–H groups in total. The third-order valence-corrected chi connectivity index (χ3v) is 5.91. The van der Waals surface area contributed by atoms with Crippen LogP contribution in [0, 0.1) is 23.2 Å². The second-order valence-corrected chi connectivity index (χ2v) is 7.11. The van der Waals surface area contributed by atoms with E-state index in [0.717, 1.165) is 18.4 Å². The lowest BCUT2D eigenvalue weighted by molar-refractivity contribution is -0.137. The van der Waals surface area contributed by atoms with Crippen molar-refractivity contribution in [3.63, 3.8) is 0 Å². The van der Waals surface area contributed by atoms with Crippen molar-refractivity contribution in [1.29, 1.82) is 0 Å². The van der Waals surface area contributed by atoms with E-state index in [2.05, 4.69) is 0 Å². The van der Waals surface area contributed by atoms with E-state index in [9.17, 15) is 4.79 Å². The second kappa shape index (κ2) is 5.39. The lowest BCUT2D eigenvalue weighted by Gasteiger charge is -2.34. The first-order chi connectivity index (χ1) is 8.88. The van der Waals surface area contributed by atoms with E-state index < -0.39 is 5.41 Å². The normalized spacial score (nSPS) is 32.1. The van der Waals surface area contributed by atoms with E-state index in [-0.39, 0.29) is 5.91 Å². The van der Waals surface area contributed by atoms with Crippen LogP contribution in [-0.2, 0) is 4.79 Å². The molecule has 1 amide bonds. The number of thiocarbonyl (C=S) groups is 1. The van der Waals surface area contributed by atoms with Crippen molar-refractivity contribution < 1.29 is 4.79 Å². The highest BCUT2D eigenvalue weighted by Crippen LogP contribution is 2.48. The molecule has 0 heterocycles. The number of hydrogen-bond donors (Lipinski definition) is 1. The highest BCUT2D eigenvalue weighted by atomic mass is 32.1. The molecule has 0 aromatic heterocycles. The zero-order valence-corrected chi connectivity index (χ0v) is 13.1. The molecule has 108 valence electrons. The van der Waals surface area contributed by atoms with Gasteiger partial charge in [-0.1, -0.05) is 25.6 Å². The van der Waals surface area contributed by atoms with Crippen molar-refractivity contribution in [2.45, 2.75) is 46.0 Å². The van der Waals surface area contributed by atoms with Crippen LogP contribution >= 0.6 is 12.2 Å². The number of fused-ring (bicyclic) bond motifs is 2. The zero-order chi connectivity index (χ0) is 14.2. The first kappa shape index (κ1) is 14.8. The summed E-state index contributed by atoms with van der Waals surface area (Å²) in [6.07, 6.45) is 6.11. The Morgan fingerprint density at radius 2 is 2.11 bits per heavy atom. The molecule has 19 heavy (non-hydrogen) atoms. The van der Waals surface area contributed by atoms with Crippen LogP contribution in [0.2, 0.25) is 0 Å². The maximum Gasteiger partial charge on any atom is 0.235 e. The Labute approximate surface area is 121 Å². The predicted octanol–water partition coefficient (Wildman–Crippen LogP) is 2.58. The van der Waals surface area contributed by atoms with Crippen molar-refractivity contribution in [2.24, 2.45) is 28.9 Å². The molecule has 2 aliphatic carbocycles. The minimum absolute atomic E-state index is 0.0882. The van der Waals surface area contributed by atoms with E-state index >= 15 is 0 Å². The van der Waals surface area contributed by atoms with Gasteiger partial charge in [-0.15, -0.1) is 0 Å². The molecule has 2 saturated carbocycles. The smallest absolute Gasteiger partial charge is 0.235 e. The minimum Gasteiger partial charge on any atom is -0.392 e. The molecule has 0 aliphatic heterocycles. The predicted molar refractivity (Wildman–Crippen MR) is 81.8 cm³/mol. The van der Waals surface area contributed by atoms with E-state index in [1.165, 1.54) is 25.7 Å². The van der Waals surface area contributed by atoms with Gasteiger partial charge in [-0.3, -0.25) is 4.79 Å². The molecule has 0 radical (unpaired) electrons. The molecular weight excluding hydrogens is 256 g/mol. The molecule has 4 unspecified atom stereocenters. The maximum atomic E-state index is 12.6. The number of nitrogens with zero attached hydrogens (tertiary/aromatic N) is 1. The van der Waals surface area contributed by atoms with E-state index in [1.807, 2.05) is 25.8 Å². The summed E-state index contributed by atoms with van der Waals surface area (Å²) in [5.41, 5.74) is 5.09. The monoisotopic (exact) mass is 282 g/mol. The van der Waals surface area contributed by atoms with Gasteiger partial charge in [-0.25, -0.2) is 0 Å². The molecule has 2 rings (SSSR count). The molecule has 2 fully saturated rings. The largest absolute Gasteiger partial charge is 0.392 e. The molecular formula is C15H26N2OS. The molecule has 4 atom stereocenters. The number of amides is 1. The highest BCUT2D eigenvalue weighted by molar-refractivity contribution is 7.80.